The molecule has 3 radical (unpaired) electrons. The lowest BCUT2D eigenvalue weighted by molar-refractivity contribution is -0.199. The minimum absolute atomic E-state index is 0.0295. The summed E-state index contributed by atoms with van der Waals surface area (Å²) in [5, 5.41) is 0. The summed E-state index contributed by atoms with van der Waals surface area (Å²) in [6.45, 7) is 10.7. The standard InChI is InChI=1S/C10H16BO2.C3H7BO/c1-9(2)6-4-7(9)10(3)8(5-6)12-11-13-10;1-3(2)5-4/h6-8H,4-5H2,1-3H3;3H,1-2H3/t6-,7-,8+,10-;/m0./s1. The van der Waals surface area contributed by atoms with Gasteiger partial charge >= 0.3 is 7.69 Å². The van der Waals surface area contributed by atoms with E-state index >= 15 is 0 Å². The van der Waals surface area contributed by atoms with Crippen LogP contribution in [-0.2, 0) is 14.0 Å². The van der Waals surface area contributed by atoms with E-state index in [4.69, 9.17) is 9.31 Å². The van der Waals surface area contributed by atoms with E-state index < -0.39 is 0 Å². The second-order valence-electron chi connectivity index (χ2n) is 6.75. The third-order valence-corrected chi connectivity index (χ3v) is 5.09. The number of hydrogen-bond acceptors (Lipinski definition) is 3. The molecule has 0 amide bonds. The van der Waals surface area contributed by atoms with E-state index in [1.54, 1.807) is 7.69 Å². The molecule has 3 aliphatic carbocycles. The van der Waals surface area contributed by atoms with Crippen LogP contribution in [-0.4, -0.2) is 33.5 Å². The van der Waals surface area contributed by atoms with Gasteiger partial charge in [-0.05, 0) is 50.9 Å². The SMILES string of the molecule is CC1(C)[C@@H]2C[C@H]3O[B]O[C@@]3(C)[C@H]1C2.[B]OC(C)C. The van der Waals surface area contributed by atoms with Crippen LogP contribution in [0.3, 0.4) is 0 Å². The van der Waals surface area contributed by atoms with Gasteiger partial charge in [-0.2, -0.15) is 0 Å². The maximum atomic E-state index is 5.68. The molecule has 5 heteroatoms. The lowest BCUT2D eigenvalue weighted by Crippen LogP contribution is -2.65. The predicted molar refractivity (Wildman–Crippen MR) is 72.1 cm³/mol. The third-order valence-electron chi connectivity index (χ3n) is 5.09. The van der Waals surface area contributed by atoms with Crippen molar-refractivity contribution in [3.63, 3.8) is 0 Å². The third kappa shape index (κ3) is 2.14. The Morgan fingerprint density at radius 1 is 1.28 bits per heavy atom. The normalized spacial score (nSPS) is 43.3. The molecular weight excluding hydrogens is 226 g/mol. The Balaban J connectivity index is 0.000000209. The van der Waals surface area contributed by atoms with Crippen LogP contribution >= 0.6 is 0 Å². The van der Waals surface area contributed by atoms with Crippen LogP contribution in [0.1, 0.15) is 47.5 Å². The topological polar surface area (TPSA) is 27.7 Å². The van der Waals surface area contributed by atoms with Gasteiger partial charge in [0.2, 0.25) is 0 Å². The first kappa shape index (κ1) is 14.4. The molecule has 2 bridgehead atoms. The largest absolute Gasteiger partial charge is 0.488 e. The molecule has 0 N–H and O–H groups in total. The second-order valence-corrected chi connectivity index (χ2v) is 6.75. The van der Waals surface area contributed by atoms with E-state index in [0.29, 0.717) is 17.4 Å². The first-order valence-corrected chi connectivity index (χ1v) is 6.83. The van der Waals surface area contributed by atoms with Crippen LogP contribution in [0.25, 0.3) is 0 Å². The van der Waals surface area contributed by atoms with Crippen LogP contribution in [0, 0.1) is 17.3 Å². The van der Waals surface area contributed by atoms with Gasteiger partial charge in [0.1, 0.15) is 0 Å². The summed E-state index contributed by atoms with van der Waals surface area (Å²) in [7, 11) is 6.23. The molecule has 99 valence electrons. The molecule has 4 atom stereocenters. The molecule has 1 heterocycles. The van der Waals surface area contributed by atoms with Crippen LogP contribution in [0.15, 0.2) is 0 Å². The van der Waals surface area contributed by atoms with Crippen LogP contribution in [0.4, 0.5) is 0 Å². The smallest absolute Gasteiger partial charge is 0.446 e. The van der Waals surface area contributed by atoms with Gasteiger partial charge in [-0.15, -0.1) is 0 Å². The van der Waals surface area contributed by atoms with Gasteiger partial charge in [0.05, 0.1) is 11.7 Å². The van der Waals surface area contributed by atoms with Crippen molar-refractivity contribution in [2.45, 2.75) is 65.3 Å². The van der Waals surface area contributed by atoms with Crippen molar-refractivity contribution >= 4 is 15.7 Å². The van der Waals surface area contributed by atoms with Gasteiger partial charge in [-0.1, -0.05) is 13.8 Å². The molecule has 1 saturated heterocycles. The fourth-order valence-electron chi connectivity index (χ4n) is 3.65. The number of rotatable bonds is 1. The maximum absolute atomic E-state index is 5.68. The predicted octanol–water partition coefficient (Wildman–Crippen LogP) is 2.26. The molecule has 0 unspecified atom stereocenters. The molecule has 0 aromatic carbocycles. The summed E-state index contributed by atoms with van der Waals surface area (Å²) in [4.78, 5) is 0. The molecule has 3 nitrogen and oxygen atoms in total. The first-order valence-electron chi connectivity index (χ1n) is 6.83. The Morgan fingerprint density at radius 2 is 1.89 bits per heavy atom. The monoisotopic (exact) mass is 249 g/mol. The highest BCUT2D eigenvalue weighted by Crippen LogP contribution is 2.65. The van der Waals surface area contributed by atoms with E-state index in [1.807, 2.05) is 13.8 Å². The molecule has 3 saturated carbocycles. The summed E-state index contributed by atoms with van der Waals surface area (Å²) in [6.07, 6.45) is 2.99. The molecule has 18 heavy (non-hydrogen) atoms. The second kappa shape index (κ2) is 4.84. The zero-order valence-corrected chi connectivity index (χ0v) is 12.1. The van der Waals surface area contributed by atoms with Crippen molar-refractivity contribution in [3.8, 4) is 0 Å². The van der Waals surface area contributed by atoms with Crippen molar-refractivity contribution in [3.05, 3.63) is 0 Å². The zero-order valence-electron chi connectivity index (χ0n) is 12.1. The van der Waals surface area contributed by atoms with Gasteiger partial charge < -0.3 is 14.0 Å². The molecule has 1 aliphatic heterocycles. The quantitative estimate of drug-likeness (QED) is 0.667. The van der Waals surface area contributed by atoms with E-state index in [-0.39, 0.29) is 11.7 Å². The Bertz CT molecular complexity index is 309. The summed E-state index contributed by atoms with van der Waals surface area (Å²) in [5.74, 6) is 1.54. The van der Waals surface area contributed by atoms with E-state index in [0.717, 1.165) is 5.92 Å². The van der Waals surface area contributed by atoms with E-state index in [9.17, 15) is 0 Å². The maximum Gasteiger partial charge on any atom is 0.488 e. The molecule has 4 aliphatic rings. The number of hydrogen-bond donors (Lipinski definition) is 0. The lowest BCUT2D eigenvalue weighted by atomic mass is 9.43. The fourth-order valence-corrected chi connectivity index (χ4v) is 3.65. The first-order chi connectivity index (χ1) is 8.32. The minimum atomic E-state index is -0.0295. The van der Waals surface area contributed by atoms with E-state index in [1.165, 1.54) is 12.8 Å². The summed E-state index contributed by atoms with van der Waals surface area (Å²) in [5.41, 5.74) is 0.436. The van der Waals surface area contributed by atoms with Gasteiger partial charge in [-0.25, -0.2) is 0 Å². The summed E-state index contributed by atoms with van der Waals surface area (Å²) < 4.78 is 15.4. The van der Waals surface area contributed by atoms with Crippen LogP contribution in [0.5, 0.6) is 0 Å². The Kier molecular flexibility index (Phi) is 3.88. The molecular formula is C13H23B2O3. The highest BCUT2D eigenvalue weighted by molar-refractivity contribution is 6.19. The summed E-state index contributed by atoms with van der Waals surface area (Å²) in [6, 6.07) is 0. The average molecular weight is 249 g/mol. The van der Waals surface area contributed by atoms with Crippen molar-refractivity contribution in [2.24, 2.45) is 17.3 Å². The molecule has 0 aromatic heterocycles. The van der Waals surface area contributed by atoms with Crippen LogP contribution < -0.4 is 0 Å². The van der Waals surface area contributed by atoms with E-state index in [2.05, 4.69) is 33.5 Å². The molecule has 0 aromatic rings. The van der Waals surface area contributed by atoms with Gasteiger partial charge in [0.15, 0.2) is 0 Å². The average Bonchev–Trinajstić information content (AvgIpc) is 2.70. The minimum Gasteiger partial charge on any atom is -0.446 e. The van der Waals surface area contributed by atoms with Crippen molar-refractivity contribution in [2.75, 3.05) is 0 Å². The molecule has 4 rings (SSSR count). The summed E-state index contributed by atoms with van der Waals surface area (Å²) >= 11 is 0. The molecule has 0 spiro atoms. The van der Waals surface area contributed by atoms with Gasteiger partial charge in [-0.3, -0.25) is 0 Å². The van der Waals surface area contributed by atoms with Crippen LogP contribution in [0.2, 0.25) is 0 Å². The van der Waals surface area contributed by atoms with Crippen molar-refractivity contribution < 1.29 is 14.0 Å². The zero-order chi connectivity index (χ0) is 13.6. The lowest BCUT2D eigenvalue weighted by Gasteiger charge is -2.64. The van der Waals surface area contributed by atoms with Crippen molar-refractivity contribution in [1.82, 2.24) is 0 Å². The van der Waals surface area contributed by atoms with Gasteiger partial charge in [0.25, 0.3) is 8.05 Å². The fraction of sp³-hybridized carbons (Fsp3) is 1.00. The van der Waals surface area contributed by atoms with Gasteiger partial charge in [0, 0.05) is 6.10 Å². The Hall–Kier alpha value is 0.00987. The van der Waals surface area contributed by atoms with Crippen molar-refractivity contribution in [1.29, 1.82) is 0 Å². The highest BCUT2D eigenvalue weighted by atomic mass is 16.6. The highest BCUT2D eigenvalue weighted by Gasteiger charge is 2.65. The molecule has 4 fully saturated rings. The Labute approximate surface area is 113 Å². The Morgan fingerprint density at radius 3 is 2.39 bits per heavy atom.